The summed E-state index contributed by atoms with van der Waals surface area (Å²) in [6.45, 7) is 9.64. The maximum atomic E-state index is 13.1. The zero-order valence-electron chi connectivity index (χ0n) is 20.7. The van der Waals surface area contributed by atoms with Gasteiger partial charge in [0.25, 0.3) is 0 Å². The van der Waals surface area contributed by atoms with Crippen LogP contribution >= 0.6 is 0 Å². The number of hydrogen-bond donors (Lipinski definition) is 0. The van der Waals surface area contributed by atoms with E-state index in [4.69, 9.17) is 13.9 Å². The van der Waals surface area contributed by atoms with E-state index in [1.165, 1.54) is 10.8 Å². The number of fused-ring (bicyclic) bond motifs is 2. The van der Waals surface area contributed by atoms with E-state index in [0.29, 0.717) is 25.4 Å². The minimum absolute atomic E-state index is 0.00556. The van der Waals surface area contributed by atoms with Crippen molar-refractivity contribution in [2.45, 2.75) is 39.9 Å². The van der Waals surface area contributed by atoms with Crippen LogP contribution in [-0.4, -0.2) is 42.7 Å². The van der Waals surface area contributed by atoms with Crippen LogP contribution in [0.25, 0.3) is 38.4 Å². The molecule has 1 saturated heterocycles. The molecule has 0 radical (unpaired) electrons. The Morgan fingerprint density at radius 3 is 2.54 bits per heavy atom. The molecular formula is C30H31NO4. The lowest BCUT2D eigenvalue weighted by molar-refractivity contribution is -0.137. The van der Waals surface area contributed by atoms with Gasteiger partial charge in [-0.15, -0.1) is 0 Å². The summed E-state index contributed by atoms with van der Waals surface area (Å²) >= 11 is 0. The number of nitrogens with zero attached hydrogens (tertiary/aromatic N) is 1. The van der Waals surface area contributed by atoms with E-state index >= 15 is 0 Å². The van der Waals surface area contributed by atoms with E-state index in [0.717, 1.165) is 33.2 Å². The average molecular weight is 470 g/mol. The maximum Gasteiger partial charge on any atom is 0.247 e. The Morgan fingerprint density at radius 1 is 1.06 bits per heavy atom. The molecule has 2 heterocycles. The van der Waals surface area contributed by atoms with Gasteiger partial charge in [-0.25, -0.2) is 0 Å². The predicted octanol–water partition coefficient (Wildman–Crippen LogP) is 6.69. The first kappa shape index (κ1) is 23.2. The third kappa shape index (κ3) is 4.69. The molecule has 1 aromatic heterocycles. The Kier molecular flexibility index (Phi) is 6.35. The van der Waals surface area contributed by atoms with Gasteiger partial charge < -0.3 is 18.8 Å². The van der Waals surface area contributed by atoms with Crippen molar-refractivity contribution in [1.29, 1.82) is 0 Å². The van der Waals surface area contributed by atoms with Crippen molar-refractivity contribution < 1.29 is 18.7 Å². The highest BCUT2D eigenvalue weighted by Crippen LogP contribution is 2.38. The van der Waals surface area contributed by atoms with Crippen LogP contribution < -0.4 is 4.74 Å². The van der Waals surface area contributed by atoms with E-state index in [9.17, 15) is 4.79 Å². The molecule has 0 N–H and O–H groups in total. The van der Waals surface area contributed by atoms with E-state index in [1.54, 1.807) is 12.3 Å². The Balaban J connectivity index is 1.55. The summed E-state index contributed by atoms with van der Waals surface area (Å²) < 4.78 is 17.7. The number of benzene rings is 3. The number of morpholine rings is 1. The molecule has 1 fully saturated rings. The molecule has 180 valence electrons. The molecule has 5 rings (SSSR count). The Bertz CT molecular complexity index is 1410. The molecule has 0 aliphatic carbocycles. The van der Waals surface area contributed by atoms with Crippen LogP contribution in [0.2, 0.25) is 0 Å². The van der Waals surface area contributed by atoms with Crippen LogP contribution in [0, 0.1) is 0 Å². The van der Waals surface area contributed by atoms with Gasteiger partial charge in [0.15, 0.2) is 0 Å². The van der Waals surface area contributed by atoms with Gasteiger partial charge >= 0.3 is 0 Å². The molecule has 1 aliphatic rings. The standard InChI is InChI=1S/C30H31NO4/c1-5-33-28-15-29-26(27(18-34-29)24-11-10-22-8-6-7-9-23(22)13-24)14-25(28)19(2)12-30(32)31-16-20(3)35-21(4)17-31/h6-15,18,20-21H,5,16-17H2,1-4H3/b19-12+. The summed E-state index contributed by atoms with van der Waals surface area (Å²) in [6, 6.07) is 18.8. The van der Waals surface area contributed by atoms with Crippen LogP contribution in [0.4, 0.5) is 0 Å². The van der Waals surface area contributed by atoms with E-state index in [1.807, 2.05) is 50.8 Å². The quantitative estimate of drug-likeness (QED) is 0.306. The van der Waals surface area contributed by atoms with Gasteiger partial charge in [-0.1, -0.05) is 36.4 Å². The first-order valence-electron chi connectivity index (χ1n) is 12.2. The Labute approximate surface area is 205 Å². The van der Waals surface area contributed by atoms with Crippen molar-refractivity contribution in [3.05, 3.63) is 72.5 Å². The molecule has 2 unspecified atom stereocenters. The third-order valence-corrected chi connectivity index (χ3v) is 6.53. The number of carbonyl (C=O) groups is 1. The number of hydrogen-bond acceptors (Lipinski definition) is 4. The van der Waals surface area contributed by atoms with Gasteiger partial charge in [-0.3, -0.25) is 4.79 Å². The van der Waals surface area contributed by atoms with Crippen LogP contribution in [0.3, 0.4) is 0 Å². The number of carbonyl (C=O) groups excluding carboxylic acids is 1. The maximum absolute atomic E-state index is 13.1. The zero-order chi connectivity index (χ0) is 24.5. The van der Waals surface area contributed by atoms with Gasteiger partial charge in [0.05, 0.1) is 25.1 Å². The fraction of sp³-hybridized carbons (Fsp3) is 0.300. The molecule has 1 aliphatic heterocycles. The predicted molar refractivity (Wildman–Crippen MR) is 141 cm³/mol. The fourth-order valence-corrected chi connectivity index (χ4v) is 4.93. The molecular weight excluding hydrogens is 438 g/mol. The molecule has 3 aromatic carbocycles. The zero-order valence-corrected chi connectivity index (χ0v) is 20.7. The summed E-state index contributed by atoms with van der Waals surface area (Å²) in [5.74, 6) is 0.707. The molecule has 5 nitrogen and oxygen atoms in total. The highest BCUT2D eigenvalue weighted by Gasteiger charge is 2.25. The van der Waals surface area contributed by atoms with Crippen LogP contribution in [0.1, 0.15) is 33.3 Å². The highest BCUT2D eigenvalue weighted by atomic mass is 16.5. The van der Waals surface area contributed by atoms with Crippen molar-refractivity contribution in [2.75, 3.05) is 19.7 Å². The third-order valence-electron chi connectivity index (χ3n) is 6.53. The van der Waals surface area contributed by atoms with Gasteiger partial charge in [-0.2, -0.15) is 0 Å². The second kappa shape index (κ2) is 9.59. The molecule has 0 bridgehead atoms. The van der Waals surface area contributed by atoms with Crippen molar-refractivity contribution >= 4 is 33.2 Å². The molecule has 0 saturated carbocycles. The Hall–Kier alpha value is -3.57. The van der Waals surface area contributed by atoms with Crippen molar-refractivity contribution in [2.24, 2.45) is 0 Å². The number of ether oxygens (including phenoxy) is 2. The van der Waals surface area contributed by atoms with Gasteiger partial charge in [-0.05, 0) is 61.7 Å². The lowest BCUT2D eigenvalue weighted by atomic mass is 9.97. The number of allylic oxidation sites excluding steroid dienone is 1. The average Bonchev–Trinajstić information content (AvgIpc) is 3.25. The first-order chi connectivity index (χ1) is 16.9. The lowest BCUT2D eigenvalue weighted by Crippen LogP contribution is -2.47. The smallest absolute Gasteiger partial charge is 0.247 e. The summed E-state index contributed by atoms with van der Waals surface area (Å²) in [5, 5.41) is 3.38. The lowest BCUT2D eigenvalue weighted by Gasteiger charge is -2.34. The minimum atomic E-state index is -0.00556. The van der Waals surface area contributed by atoms with E-state index in [-0.39, 0.29) is 18.1 Å². The van der Waals surface area contributed by atoms with Gasteiger partial charge in [0.1, 0.15) is 11.3 Å². The molecule has 4 aromatic rings. The monoisotopic (exact) mass is 469 g/mol. The number of furan rings is 1. The second-order valence-corrected chi connectivity index (χ2v) is 9.32. The molecule has 0 spiro atoms. The summed E-state index contributed by atoms with van der Waals surface area (Å²) in [6.07, 6.45) is 3.57. The molecule has 1 amide bonds. The van der Waals surface area contributed by atoms with Crippen molar-refractivity contribution in [1.82, 2.24) is 4.90 Å². The second-order valence-electron chi connectivity index (χ2n) is 9.32. The van der Waals surface area contributed by atoms with E-state index < -0.39 is 0 Å². The van der Waals surface area contributed by atoms with Gasteiger partial charge in [0.2, 0.25) is 5.91 Å². The van der Waals surface area contributed by atoms with E-state index in [2.05, 4.69) is 36.4 Å². The summed E-state index contributed by atoms with van der Waals surface area (Å²) in [5.41, 5.74) is 4.62. The summed E-state index contributed by atoms with van der Waals surface area (Å²) in [4.78, 5) is 15.0. The largest absolute Gasteiger partial charge is 0.493 e. The fourth-order valence-electron chi connectivity index (χ4n) is 4.93. The normalized spacial score (nSPS) is 18.9. The van der Waals surface area contributed by atoms with Crippen molar-refractivity contribution in [3.8, 4) is 16.9 Å². The topological polar surface area (TPSA) is 51.9 Å². The van der Waals surface area contributed by atoms with Crippen LogP contribution in [0.15, 0.2) is 71.4 Å². The van der Waals surface area contributed by atoms with Crippen LogP contribution in [0.5, 0.6) is 5.75 Å². The number of amides is 1. The first-order valence-corrected chi connectivity index (χ1v) is 12.2. The molecule has 2 atom stereocenters. The highest BCUT2D eigenvalue weighted by molar-refractivity contribution is 6.01. The SMILES string of the molecule is CCOc1cc2occ(-c3ccc4ccccc4c3)c2cc1/C(C)=C/C(=O)N1CC(C)OC(C)C1. The Morgan fingerprint density at radius 2 is 1.80 bits per heavy atom. The minimum Gasteiger partial charge on any atom is -0.493 e. The van der Waals surface area contributed by atoms with Gasteiger partial charge in [0, 0.05) is 41.7 Å². The molecule has 35 heavy (non-hydrogen) atoms. The molecule has 5 heteroatoms. The van der Waals surface area contributed by atoms with Crippen LogP contribution in [-0.2, 0) is 9.53 Å². The number of rotatable bonds is 5. The van der Waals surface area contributed by atoms with Crippen molar-refractivity contribution in [3.63, 3.8) is 0 Å². The summed E-state index contributed by atoms with van der Waals surface area (Å²) in [7, 11) is 0.